The minimum absolute atomic E-state index is 0.0525. The molecule has 0 saturated heterocycles. The molecule has 116 valence electrons. The normalized spacial score (nSPS) is 11.6. The molecule has 1 atom stereocenters. The van der Waals surface area contributed by atoms with E-state index in [1.165, 1.54) is 4.90 Å². The third kappa shape index (κ3) is 4.52. The molecule has 4 nitrogen and oxygen atoms in total. The fourth-order valence-electron chi connectivity index (χ4n) is 2.02. The summed E-state index contributed by atoms with van der Waals surface area (Å²) in [4.78, 5) is 13.1. The molecule has 1 amide bonds. The van der Waals surface area contributed by atoms with Crippen molar-refractivity contribution in [3.8, 4) is 5.75 Å². The second-order valence-corrected chi connectivity index (χ2v) is 5.38. The highest BCUT2D eigenvalue weighted by molar-refractivity contribution is 5.77. The van der Waals surface area contributed by atoms with Gasteiger partial charge in [0, 0.05) is 25.8 Å². The molecule has 0 aliphatic rings. The summed E-state index contributed by atoms with van der Waals surface area (Å²) in [6.07, 6.45) is 0. The summed E-state index contributed by atoms with van der Waals surface area (Å²) >= 11 is 0. The van der Waals surface area contributed by atoms with E-state index in [1.54, 1.807) is 14.1 Å². The predicted octanol–water partition coefficient (Wildman–Crippen LogP) is 3.33. The van der Waals surface area contributed by atoms with Crippen molar-refractivity contribution in [1.82, 2.24) is 4.90 Å². The number of likely N-dealkylation sites (N-methyl/N-ethyl adjacent to an activating group) is 1. The van der Waals surface area contributed by atoms with Gasteiger partial charge in [-0.25, -0.2) is 0 Å². The average Bonchev–Trinajstić information content (AvgIpc) is 2.53. The van der Waals surface area contributed by atoms with Crippen LogP contribution in [0.4, 0.5) is 5.69 Å². The van der Waals surface area contributed by atoms with Crippen LogP contribution < -0.4 is 10.1 Å². The van der Waals surface area contributed by atoms with E-state index in [9.17, 15) is 4.79 Å². The lowest BCUT2D eigenvalue weighted by Crippen LogP contribution is -2.27. The van der Waals surface area contributed by atoms with Crippen LogP contribution in [0.5, 0.6) is 5.75 Å². The summed E-state index contributed by atoms with van der Waals surface area (Å²) in [5.41, 5.74) is 2.18. The number of carbonyl (C=O) groups is 1. The fourth-order valence-corrected chi connectivity index (χ4v) is 2.02. The van der Waals surface area contributed by atoms with Gasteiger partial charge in [0.25, 0.3) is 5.91 Å². The standard InChI is InChI=1S/C18H22N2O2/c1-14(19-16-9-5-4-6-10-16)15-8-7-11-17(12-15)22-13-18(21)20(2)3/h4-12,14,19H,13H2,1-3H3/t14-/m0/s1. The van der Waals surface area contributed by atoms with Crippen molar-refractivity contribution in [2.24, 2.45) is 0 Å². The molecule has 0 aromatic heterocycles. The van der Waals surface area contributed by atoms with Crippen LogP contribution in [0.1, 0.15) is 18.5 Å². The number of anilines is 1. The molecular weight excluding hydrogens is 276 g/mol. The highest BCUT2D eigenvalue weighted by Crippen LogP contribution is 2.22. The largest absolute Gasteiger partial charge is 0.484 e. The summed E-state index contributed by atoms with van der Waals surface area (Å²) in [5, 5.41) is 3.44. The molecule has 0 bridgehead atoms. The van der Waals surface area contributed by atoms with Crippen molar-refractivity contribution in [3.63, 3.8) is 0 Å². The summed E-state index contributed by atoms with van der Waals surface area (Å²) in [7, 11) is 3.43. The van der Waals surface area contributed by atoms with Gasteiger partial charge >= 0.3 is 0 Å². The Morgan fingerprint density at radius 1 is 1.14 bits per heavy atom. The van der Waals surface area contributed by atoms with Gasteiger partial charge in [0.15, 0.2) is 6.61 Å². The van der Waals surface area contributed by atoms with E-state index in [2.05, 4.69) is 12.2 Å². The summed E-state index contributed by atoms with van der Waals surface area (Å²) < 4.78 is 5.55. The summed E-state index contributed by atoms with van der Waals surface area (Å²) in [6, 6.07) is 18.0. The molecule has 0 fully saturated rings. The third-order valence-electron chi connectivity index (χ3n) is 3.38. The zero-order valence-corrected chi connectivity index (χ0v) is 13.2. The Hall–Kier alpha value is -2.49. The highest BCUT2D eigenvalue weighted by atomic mass is 16.5. The van der Waals surface area contributed by atoms with Gasteiger partial charge < -0.3 is 15.0 Å². The van der Waals surface area contributed by atoms with Crippen LogP contribution in [0.2, 0.25) is 0 Å². The molecule has 1 N–H and O–H groups in total. The quantitative estimate of drug-likeness (QED) is 0.889. The molecule has 0 heterocycles. The van der Waals surface area contributed by atoms with Gasteiger partial charge in [0.05, 0.1) is 0 Å². The van der Waals surface area contributed by atoms with E-state index in [0.717, 1.165) is 11.3 Å². The highest BCUT2D eigenvalue weighted by Gasteiger charge is 2.08. The first kappa shape index (κ1) is 15.9. The second-order valence-electron chi connectivity index (χ2n) is 5.38. The maximum Gasteiger partial charge on any atom is 0.259 e. The van der Waals surface area contributed by atoms with E-state index in [-0.39, 0.29) is 18.6 Å². The zero-order valence-electron chi connectivity index (χ0n) is 13.2. The monoisotopic (exact) mass is 298 g/mol. The molecule has 0 aliphatic carbocycles. The Kier molecular flexibility index (Phi) is 5.42. The Bertz CT molecular complexity index is 611. The van der Waals surface area contributed by atoms with Gasteiger partial charge in [-0.2, -0.15) is 0 Å². The number of benzene rings is 2. The first-order valence-corrected chi connectivity index (χ1v) is 7.31. The lowest BCUT2D eigenvalue weighted by atomic mass is 10.1. The van der Waals surface area contributed by atoms with Crippen molar-refractivity contribution >= 4 is 11.6 Å². The molecule has 0 unspecified atom stereocenters. The van der Waals surface area contributed by atoms with Crippen molar-refractivity contribution < 1.29 is 9.53 Å². The number of ether oxygens (including phenoxy) is 1. The third-order valence-corrected chi connectivity index (χ3v) is 3.38. The molecule has 22 heavy (non-hydrogen) atoms. The van der Waals surface area contributed by atoms with Crippen LogP contribution in [-0.2, 0) is 4.79 Å². The lowest BCUT2D eigenvalue weighted by Gasteiger charge is -2.17. The van der Waals surface area contributed by atoms with Crippen molar-refractivity contribution in [2.45, 2.75) is 13.0 Å². The maximum absolute atomic E-state index is 11.6. The molecule has 0 aliphatic heterocycles. The molecular formula is C18H22N2O2. The van der Waals surface area contributed by atoms with Gasteiger partial charge in [-0.3, -0.25) is 4.79 Å². The van der Waals surface area contributed by atoms with E-state index in [1.807, 2.05) is 54.6 Å². The van der Waals surface area contributed by atoms with Crippen LogP contribution in [0.3, 0.4) is 0 Å². The number of carbonyl (C=O) groups excluding carboxylic acids is 1. The van der Waals surface area contributed by atoms with Gasteiger partial charge in [0.2, 0.25) is 0 Å². The number of nitrogens with zero attached hydrogens (tertiary/aromatic N) is 1. The molecule has 4 heteroatoms. The van der Waals surface area contributed by atoms with E-state index < -0.39 is 0 Å². The smallest absolute Gasteiger partial charge is 0.259 e. The van der Waals surface area contributed by atoms with E-state index in [4.69, 9.17) is 4.74 Å². The molecule has 2 aromatic carbocycles. The Morgan fingerprint density at radius 3 is 2.55 bits per heavy atom. The Labute approximate surface area is 131 Å². The Balaban J connectivity index is 2.00. The molecule has 0 saturated carbocycles. The minimum atomic E-state index is -0.0548. The topological polar surface area (TPSA) is 41.6 Å². The zero-order chi connectivity index (χ0) is 15.9. The number of nitrogens with one attached hydrogen (secondary N) is 1. The van der Waals surface area contributed by atoms with Crippen LogP contribution in [-0.4, -0.2) is 31.5 Å². The summed E-state index contributed by atoms with van der Waals surface area (Å²) in [5.74, 6) is 0.648. The average molecular weight is 298 g/mol. The van der Waals surface area contributed by atoms with E-state index >= 15 is 0 Å². The first-order valence-electron chi connectivity index (χ1n) is 7.31. The SMILES string of the molecule is C[C@H](Nc1ccccc1)c1cccc(OCC(=O)N(C)C)c1. The predicted molar refractivity (Wildman–Crippen MR) is 89.1 cm³/mol. The van der Waals surface area contributed by atoms with Crippen molar-refractivity contribution in [1.29, 1.82) is 0 Å². The minimum Gasteiger partial charge on any atom is -0.484 e. The van der Waals surface area contributed by atoms with Crippen molar-refractivity contribution in [2.75, 3.05) is 26.0 Å². The molecule has 2 rings (SSSR count). The second kappa shape index (κ2) is 7.50. The lowest BCUT2D eigenvalue weighted by molar-refractivity contribution is -0.130. The van der Waals surface area contributed by atoms with Gasteiger partial charge in [0.1, 0.15) is 5.75 Å². The maximum atomic E-state index is 11.6. The van der Waals surface area contributed by atoms with Gasteiger partial charge in [-0.15, -0.1) is 0 Å². The van der Waals surface area contributed by atoms with Crippen LogP contribution in [0, 0.1) is 0 Å². The molecule has 0 radical (unpaired) electrons. The van der Waals surface area contributed by atoms with Gasteiger partial charge in [-0.05, 0) is 36.8 Å². The van der Waals surface area contributed by atoms with E-state index in [0.29, 0.717) is 5.75 Å². The van der Waals surface area contributed by atoms with Gasteiger partial charge in [-0.1, -0.05) is 30.3 Å². The fraction of sp³-hybridized carbons (Fsp3) is 0.278. The van der Waals surface area contributed by atoms with Crippen LogP contribution >= 0.6 is 0 Å². The van der Waals surface area contributed by atoms with Crippen LogP contribution in [0.25, 0.3) is 0 Å². The van der Waals surface area contributed by atoms with Crippen molar-refractivity contribution in [3.05, 3.63) is 60.2 Å². The molecule has 0 spiro atoms. The van der Waals surface area contributed by atoms with Crippen LogP contribution in [0.15, 0.2) is 54.6 Å². The number of hydrogen-bond donors (Lipinski definition) is 1. The number of hydrogen-bond acceptors (Lipinski definition) is 3. The number of para-hydroxylation sites is 1. The first-order chi connectivity index (χ1) is 10.6. The Morgan fingerprint density at radius 2 is 1.86 bits per heavy atom. The molecule has 2 aromatic rings. The summed E-state index contributed by atoms with van der Waals surface area (Å²) in [6.45, 7) is 2.15. The number of amides is 1. The number of rotatable bonds is 6.